The first-order valence-electron chi connectivity index (χ1n) is 9.42. The number of para-hydroxylation sites is 2. The number of nitrogens with zero attached hydrogens (tertiary/aromatic N) is 3. The van der Waals surface area contributed by atoms with E-state index in [1.807, 2.05) is 42.7 Å². The van der Waals surface area contributed by atoms with E-state index in [1.54, 1.807) is 31.4 Å². The van der Waals surface area contributed by atoms with E-state index in [0.717, 1.165) is 0 Å². The smallest absolute Gasteiger partial charge is 0.234 e. The summed E-state index contributed by atoms with van der Waals surface area (Å²) in [7, 11) is 1.57. The molecule has 0 fully saturated rings. The van der Waals surface area contributed by atoms with Crippen molar-refractivity contribution < 1.29 is 14.3 Å². The molecule has 1 heterocycles. The molecule has 0 radical (unpaired) electrons. The fourth-order valence-electron chi connectivity index (χ4n) is 2.87. The van der Waals surface area contributed by atoms with Gasteiger partial charge in [-0.15, -0.1) is 10.2 Å². The molecule has 1 atom stereocenters. The lowest BCUT2D eigenvalue weighted by molar-refractivity contribution is -0.113. The van der Waals surface area contributed by atoms with Crippen molar-refractivity contribution in [3.63, 3.8) is 0 Å². The Kier molecular flexibility index (Phi) is 7.59. The van der Waals surface area contributed by atoms with E-state index in [4.69, 9.17) is 21.1 Å². The van der Waals surface area contributed by atoms with E-state index >= 15 is 0 Å². The monoisotopic (exact) mass is 446 g/mol. The summed E-state index contributed by atoms with van der Waals surface area (Å²) in [5.74, 6) is 2.00. The summed E-state index contributed by atoms with van der Waals surface area (Å²) in [6.07, 6.45) is -0.326. The number of hydrogen-bond acceptors (Lipinski definition) is 6. The van der Waals surface area contributed by atoms with E-state index in [1.165, 1.54) is 11.8 Å². The molecule has 30 heavy (non-hydrogen) atoms. The molecule has 0 bridgehead atoms. The van der Waals surface area contributed by atoms with Crippen molar-refractivity contribution in [3.05, 3.63) is 59.4 Å². The average Bonchev–Trinajstić information content (AvgIpc) is 3.16. The second-order valence-electron chi connectivity index (χ2n) is 6.34. The molecule has 3 aromatic rings. The summed E-state index contributed by atoms with van der Waals surface area (Å²) in [6.45, 7) is 4.56. The van der Waals surface area contributed by atoms with Crippen molar-refractivity contribution in [2.45, 2.75) is 31.7 Å². The Labute approximate surface area is 184 Å². The Morgan fingerprint density at radius 3 is 2.77 bits per heavy atom. The van der Waals surface area contributed by atoms with Crippen LogP contribution >= 0.6 is 23.4 Å². The number of anilines is 1. The molecule has 1 N–H and O–H groups in total. The van der Waals surface area contributed by atoms with Crippen LogP contribution < -0.4 is 14.8 Å². The zero-order valence-corrected chi connectivity index (χ0v) is 18.5. The van der Waals surface area contributed by atoms with E-state index in [0.29, 0.717) is 39.7 Å². The maximum Gasteiger partial charge on any atom is 0.234 e. The van der Waals surface area contributed by atoms with Gasteiger partial charge in [-0.05, 0) is 44.2 Å². The number of thioether (sulfide) groups is 1. The zero-order valence-electron chi connectivity index (χ0n) is 17.0. The maximum atomic E-state index is 12.4. The topological polar surface area (TPSA) is 78.3 Å². The minimum atomic E-state index is -0.326. The number of halogens is 1. The molecular weight excluding hydrogens is 424 g/mol. The third-order valence-electron chi connectivity index (χ3n) is 4.25. The average molecular weight is 447 g/mol. The van der Waals surface area contributed by atoms with Gasteiger partial charge in [-0.1, -0.05) is 41.6 Å². The number of amides is 1. The van der Waals surface area contributed by atoms with Crippen LogP contribution in [0.3, 0.4) is 0 Å². The number of methoxy groups -OCH3 is 1. The lowest BCUT2D eigenvalue weighted by Gasteiger charge is -2.15. The molecule has 0 aliphatic carbocycles. The highest BCUT2D eigenvalue weighted by atomic mass is 35.5. The van der Waals surface area contributed by atoms with Crippen molar-refractivity contribution in [3.8, 4) is 11.5 Å². The number of hydrogen-bond donors (Lipinski definition) is 1. The Balaban J connectivity index is 1.64. The fraction of sp³-hybridized carbons (Fsp3) is 0.286. The molecule has 1 unspecified atom stereocenters. The summed E-state index contributed by atoms with van der Waals surface area (Å²) >= 11 is 7.34. The van der Waals surface area contributed by atoms with E-state index in [-0.39, 0.29) is 17.8 Å². The third-order valence-corrected chi connectivity index (χ3v) is 5.45. The van der Waals surface area contributed by atoms with Crippen LogP contribution in [0.1, 0.15) is 25.8 Å². The molecule has 7 nitrogen and oxygen atoms in total. The van der Waals surface area contributed by atoms with Gasteiger partial charge in [0.15, 0.2) is 17.1 Å². The first kappa shape index (κ1) is 22.0. The van der Waals surface area contributed by atoms with Crippen molar-refractivity contribution in [2.75, 3.05) is 18.2 Å². The van der Waals surface area contributed by atoms with Crippen LogP contribution in [-0.2, 0) is 11.3 Å². The Morgan fingerprint density at radius 2 is 2.03 bits per heavy atom. The summed E-state index contributed by atoms with van der Waals surface area (Å²) in [5, 5.41) is 12.6. The number of ether oxygens (including phenoxy) is 2. The first-order valence-corrected chi connectivity index (χ1v) is 10.8. The Bertz CT molecular complexity index is 1010. The molecule has 0 aliphatic heterocycles. The van der Waals surface area contributed by atoms with Crippen molar-refractivity contribution in [1.82, 2.24) is 14.8 Å². The second-order valence-corrected chi connectivity index (χ2v) is 7.72. The van der Waals surface area contributed by atoms with Crippen LogP contribution in [0.25, 0.3) is 0 Å². The van der Waals surface area contributed by atoms with E-state index < -0.39 is 0 Å². The highest BCUT2D eigenvalue weighted by molar-refractivity contribution is 7.99. The highest BCUT2D eigenvalue weighted by Crippen LogP contribution is 2.27. The predicted molar refractivity (Wildman–Crippen MR) is 119 cm³/mol. The molecule has 3 rings (SSSR count). The quantitative estimate of drug-likeness (QED) is 0.474. The first-order chi connectivity index (χ1) is 14.5. The number of carbonyl (C=O) groups is 1. The third kappa shape index (κ3) is 5.46. The Morgan fingerprint density at radius 1 is 1.23 bits per heavy atom. The number of rotatable bonds is 9. The zero-order chi connectivity index (χ0) is 21.5. The van der Waals surface area contributed by atoms with Gasteiger partial charge < -0.3 is 19.4 Å². The molecule has 2 aromatic carbocycles. The normalized spacial score (nSPS) is 11.7. The predicted octanol–water partition coefficient (Wildman–Crippen LogP) is 4.83. The molecule has 1 aromatic heterocycles. The van der Waals surface area contributed by atoms with Gasteiger partial charge in [0.2, 0.25) is 5.91 Å². The van der Waals surface area contributed by atoms with Crippen LogP contribution in [-0.4, -0.2) is 33.5 Å². The van der Waals surface area contributed by atoms with Crippen molar-refractivity contribution >= 4 is 35.0 Å². The number of carbonyl (C=O) groups excluding carboxylic acids is 1. The molecule has 1 amide bonds. The Hall–Kier alpha value is -2.71. The highest BCUT2D eigenvalue weighted by Gasteiger charge is 2.19. The fourth-order valence-corrected chi connectivity index (χ4v) is 3.86. The SMILES string of the molecule is CCn1c(SCC(=O)Nc2ccccc2OC)nnc1C(C)Oc1cccc(Cl)c1. The van der Waals surface area contributed by atoms with Gasteiger partial charge in [-0.3, -0.25) is 4.79 Å². The molecule has 0 saturated carbocycles. The molecule has 0 spiro atoms. The standard InChI is InChI=1S/C21H23ClN4O3S/c1-4-26-20(14(2)29-16-9-7-8-15(22)12-16)24-25-21(26)30-13-19(27)23-17-10-5-6-11-18(17)28-3/h5-12,14H,4,13H2,1-3H3,(H,23,27). The van der Waals surface area contributed by atoms with Gasteiger partial charge in [0, 0.05) is 11.6 Å². The van der Waals surface area contributed by atoms with Crippen LogP contribution in [0.5, 0.6) is 11.5 Å². The second kappa shape index (κ2) is 10.4. The molecular formula is C21H23ClN4O3S. The van der Waals surface area contributed by atoms with Crippen LogP contribution in [0.15, 0.2) is 53.7 Å². The molecule has 0 aliphatic rings. The number of nitrogens with one attached hydrogen (secondary N) is 1. The summed E-state index contributed by atoms with van der Waals surface area (Å²) in [5.41, 5.74) is 0.631. The van der Waals surface area contributed by atoms with E-state index in [9.17, 15) is 4.79 Å². The van der Waals surface area contributed by atoms with Crippen molar-refractivity contribution in [2.24, 2.45) is 0 Å². The molecule has 0 saturated heterocycles. The van der Waals surface area contributed by atoms with Gasteiger partial charge in [0.1, 0.15) is 11.5 Å². The van der Waals surface area contributed by atoms with Gasteiger partial charge >= 0.3 is 0 Å². The summed E-state index contributed by atoms with van der Waals surface area (Å²) in [4.78, 5) is 12.4. The van der Waals surface area contributed by atoms with Crippen LogP contribution in [0.2, 0.25) is 5.02 Å². The molecule has 9 heteroatoms. The summed E-state index contributed by atoms with van der Waals surface area (Å²) in [6, 6.07) is 14.5. The van der Waals surface area contributed by atoms with E-state index in [2.05, 4.69) is 15.5 Å². The minimum absolute atomic E-state index is 0.153. The largest absolute Gasteiger partial charge is 0.495 e. The minimum Gasteiger partial charge on any atom is -0.495 e. The number of aromatic nitrogens is 3. The van der Waals surface area contributed by atoms with Gasteiger partial charge in [0.25, 0.3) is 0 Å². The van der Waals surface area contributed by atoms with Crippen LogP contribution in [0, 0.1) is 0 Å². The maximum absolute atomic E-state index is 12.4. The lowest BCUT2D eigenvalue weighted by Crippen LogP contribution is -2.16. The summed E-state index contributed by atoms with van der Waals surface area (Å²) < 4.78 is 13.2. The number of benzene rings is 2. The lowest BCUT2D eigenvalue weighted by atomic mass is 10.3. The van der Waals surface area contributed by atoms with Crippen LogP contribution in [0.4, 0.5) is 5.69 Å². The molecule has 158 valence electrons. The van der Waals surface area contributed by atoms with Gasteiger partial charge in [0.05, 0.1) is 18.6 Å². The van der Waals surface area contributed by atoms with Gasteiger partial charge in [-0.2, -0.15) is 0 Å². The van der Waals surface area contributed by atoms with Crippen molar-refractivity contribution in [1.29, 1.82) is 0 Å². The van der Waals surface area contributed by atoms with Gasteiger partial charge in [-0.25, -0.2) is 0 Å².